The van der Waals surface area contributed by atoms with Crippen LogP contribution in [0.3, 0.4) is 0 Å². The Hall–Kier alpha value is -1.11. The highest BCUT2D eigenvalue weighted by molar-refractivity contribution is 5.80. The number of allylic oxidation sites excluding steroid dienone is 1. The van der Waals surface area contributed by atoms with Crippen LogP contribution in [0, 0.1) is 0 Å². The Labute approximate surface area is 419 Å². The van der Waals surface area contributed by atoms with E-state index in [-0.39, 0.29) is 6.61 Å². The number of amides is 1. The van der Waals surface area contributed by atoms with E-state index in [4.69, 9.17) is 9.47 Å². The van der Waals surface area contributed by atoms with Crippen LogP contribution in [0.5, 0.6) is 0 Å². The number of aliphatic hydroxyl groups excluding tert-OH is 6. The first-order valence-corrected chi connectivity index (χ1v) is 29.5. The maximum absolute atomic E-state index is 13.1. The molecule has 0 aromatic rings. The van der Waals surface area contributed by atoms with Gasteiger partial charge in [-0.25, -0.2) is 0 Å². The van der Waals surface area contributed by atoms with Crippen molar-refractivity contribution in [3.63, 3.8) is 0 Å². The van der Waals surface area contributed by atoms with E-state index in [9.17, 15) is 35.4 Å². The Morgan fingerprint density at radius 1 is 0.500 bits per heavy atom. The molecule has 1 rings (SSSR count). The number of hydrogen-bond donors (Lipinski definition) is 7. The number of unbranched alkanes of at least 4 members (excludes halogenated alkanes) is 40. The van der Waals surface area contributed by atoms with Gasteiger partial charge in [0.15, 0.2) is 6.29 Å². The van der Waals surface area contributed by atoms with Gasteiger partial charge in [0.2, 0.25) is 5.91 Å². The summed E-state index contributed by atoms with van der Waals surface area (Å²) in [6.45, 7) is 3.65. The van der Waals surface area contributed by atoms with Gasteiger partial charge in [-0.1, -0.05) is 283 Å². The van der Waals surface area contributed by atoms with E-state index in [0.717, 1.165) is 44.9 Å². The van der Waals surface area contributed by atoms with Gasteiger partial charge in [0, 0.05) is 0 Å². The molecule has 1 fully saturated rings. The summed E-state index contributed by atoms with van der Waals surface area (Å²) in [6.07, 6.45) is 48.9. The molecule has 8 atom stereocenters. The van der Waals surface area contributed by atoms with E-state index in [1.165, 1.54) is 225 Å². The normalized spacial score (nSPS) is 20.0. The SMILES string of the molecule is CCCCCCCCCCCCCCCC/C=C/C(O)C(COC1OC(CO)C(O)C(O)C1O)NC(=O)C(O)CCCCCCCCCCCCCCCCCCCCCCCCCCCCC. The molecule has 0 aromatic carbocycles. The molecule has 1 aliphatic rings. The highest BCUT2D eigenvalue weighted by Gasteiger charge is 2.44. The van der Waals surface area contributed by atoms with Crippen molar-refractivity contribution in [1.82, 2.24) is 5.32 Å². The molecule has 0 aromatic heterocycles. The van der Waals surface area contributed by atoms with Gasteiger partial charge in [-0.2, -0.15) is 0 Å². The molecule has 0 aliphatic carbocycles. The van der Waals surface area contributed by atoms with Crippen molar-refractivity contribution in [2.24, 2.45) is 0 Å². The van der Waals surface area contributed by atoms with Gasteiger partial charge in [0.05, 0.1) is 25.4 Å². The maximum Gasteiger partial charge on any atom is 0.249 e. The molecule has 10 heteroatoms. The minimum Gasteiger partial charge on any atom is -0.394 e. The zero-order valence-corrected chi connectivity index (χ0v) is 44.5. The lowest BCUT2D eigenvalue weighted by Gasteiger charge is -2.40. The fraction of sp³-hybridized carbons (Fsp3) is 0.948. The third kappa shape index (κ3) is 36.8. The van der Waals surface area contributed by atoms with Gasteiger partial charge in [-0.05, 0) is 19.3 Å². The molecule has 404 valence electrons. The molecule has 1 amide bonds. The Morgan fingerprint density at radius 3 is 1.19 bits per heavy atom. The molecule has 0 spiro atoms. The van der Waals surface area contributed by atoms with Crippen LogP contribution in [-0.2, 0) is 14.3 Å². The number of nitrogens with one attached hydrogen (secondary N) is 1. The minimum atomic E-state index is -1.61. The zero-order valence-electron chi connectivity index (χ0n) is 44.5. The van der Waals surface area contributed by atoms with Crippen LogP contribution in [0.1, 0.15) is 290 Å². The largest absolute Gasteiger partial charge is 0.394 e. The fourth-order valence-electron chi connectivity index (χ4n) is 9.70. The zero-order chi connectivity index (χ0) is 49.6. The summed E-state index contributed by atoms with van der Waals surface area (Å²) in [5.41, 5.74) is 0. The molecule has 7 N–H and O–H groups in total. The molecule has 8 unspecified atom stereocenters. The Balaban J connectivity index is 2.21. The van der Waals surface area contributed by atoms with E-state index in [2.05, 4.69) is 19.2 Å². The second-order valence-electron chi connectivity index (χ2n) is 20.9. The topological polar surface area (TPSA) is 169 Å². The highest BCUT2D eigenvalue weighted by Crippen LogP contribution is 2.23. The van der Waals surface area contributed by atoms with Crippen molar-refractivity contribution in [3.05, 3.63) is 12.2 Å². The molecular weight excluding hydrogens is 855 g/mol. The first-order valence-electron chi connectivity index (χ1n) is 29.5. The quantitative estimate of drug-likeness (QED) is 0.0232. The van der Waals surface area contributed by atoms with Gasteiger partial charge in [-0.3, -0.25) is 4.79 Å². The predicted octanol–water partition coefficient (Wildman–Crippen LogP) is 13.4. The van der Waals surface area contributed by atoms with E-state index in [1.54, 1.807) is 6.08 Å². The number of ether oxygens (including phenoxy) is 2. The summed E-state index contributed by atoms with van der Waals surface area (Å²) < 4.78 is 11.2. The lowest BCUT2D eigenvalue weighted by atomic mass is 9.99. The lowest BCUT2D eigenvalue weighted by molar-refractivity contribution is -0.302. The Kier molecular flexibility index (Phi) is 46.0. The molecule has 68 heavy (non-hydrogen) atoms. The average molecular weight is 969 g/mol. The molecule has 0 radical (unpaired) electrons. The third-order valence-electron chi connectivity index (χ3n) is 14.5. The maximum atomic E-state index is 13.1. The van der Waals surface area contributed by atoms with Gasteiger partial charge in [-0.15, -0.1) is 0 Å². The van der Waals surface area contributed by atoms with Crippen LogP contribution in [0.4, 0.5) is 0 Å². The van der Waals surface area contributed by atoms with Gasteiger partial charge in [0.25, 0.3) is 0 Å². The van der Waals surface area contributed by atoms with E-state index >= 15 is 0 Å². The highest BCUT2D eigenvalue weighted by atomic mass is 16.7. The average Bonchev–Trinajstić information content (AvgIpc) is 3.34. The number of aliphatic hydroxyl groups is 6. The van der Waals surface area contributed by atoms with E-state index < -0.39 is 61.5 Å². The molecule has 0 bridgehead atoms. The molecule has 1 saturated heterocycles. The molecular formula is C58H113NO9. The lowest BCUT2D eigenvalue weighted by Crippen LogP contribution is -2.60. The van der Waals surface area contributed by atoms with Crippen molar-refractivity contribution in [1.29, 1.82) is 0 Å². The Bertz CT molecular complexity index is 1090. The number of carbonyl (C=O) groups is 1. The van der Waals surface area contributed by atoms with Crippen LogP contribution in [0.15, 0.2) is 12.2 Å². The van der Waals surface area contributed by atoms with E-state index in [0.29, 0.717) is 6.42 Å². The second kappa shape index (κ2) is 48.2. The van der Waals surface area contributed by atoms with Crippen LogP contribution < -0.4 is 5.32 Å². The molecule has 10 nitrogen and oxygen atoms in total. The van der Waals surface area contributed by atoms with Crippen molar-refractivity contribution < 1.29 is 44.9 Å². The summed E-state index contributed by atoms with van der Waals surface area (Å²) in [6, 6.07) is -0.976. The minimum absolute atomic E-state index is 0.301. The van der Waals surface area contributed by atoms with Crippen molar-refractivity contribution in [2.45, 2.75) is 339 Å². The third-order valence-corrected chi connectivity index (χ3v) is 14.5. The van der Waals surface area contributed by atoms with Crippen LogP contribution in [0.2, 0.25) is 0 Å². The smallest absolute Gasteiger partial charge is 0.249 e. The van der Waals surface area contributed by atoms with Crippen LogP contribution >= 0.6 is 0 Å². The second-order valence-corrected chi connectivity index (χ2v) is 20.9. The fourth-order valence-corrected chi connectivity index (χ4v) is 9.70. The van der Waals surface area contributed by atoms with Crippen molar-refractivity contribution >= 4 is 5.91 Å². The first kappa shape index (κ1) is 64.9. The molecule has 0 saturated carbocycles. The first-order chi connectivity index (χ1) is 33.3. The van der Waals surface area contributed by atoms with Crippen LogP contribution in [-0.4, -0.2) is 98.7 Å². The summed E-state index contributed by atoms with van der Waals surface area (Å²) in [4.78, 5) is 13.1. The number of carbonyl (C=O) groups excluding carboxylic acids is 1. The van der Waals surface area contributed by atoms with Crippen LogP contribution in [0.25, 0.3) is 0 Å². The summed E-state index contributed by atoms with van der Waals surface area (Å²) >= 11 is 0. The van der Waals surface area contributed by atoms with E-state index in [1.807, 2.05) is 6.08 Å². The monoisotopic (exact) mass is 968 g/mol. The number of rotatable bonds is 51. The molecule has 1 aliphatic heterocycles. The van der Waals surface area contributed by atoms with Crippen molar-refractivity contribution in [2.75, 3.05) is 13.2 Å². The standard InChI is InChI=1S/C58H113NO9/c1-3-5-7-9-11-13-15-17-19-21-22-23-24-25-26-27-28-29-30-31-33-35-37-39-41-43-45-47-52(62)57(66)59-50(49-67-58-56(65)55(64)54(63)53(48-60)68-58)51(61)46-44-42-40-38-36-34-32-20-18-16-14-12-10-8-6-4-2/h44,46,50-56,58,60-65H,3-43,45,47-49H2,1-2H3,(H,59,66)/b46-44+. The van der Waals surface area contributed by atoms with Gasteiger partial charge < -0.3 is 45.4 Å². The summed E-state index contributed by atoms with van der Waals surface area (Å²) in [7, 11) is 0. The molecule has 1 heterocycles. The van der Waals surface area contributed by atoms with Gasteiger partial charge >= 0.3 is 0 Å². The Morgan fingerprint density at radius 2 is 0.838 bits per heavy atom. The van der Waals surface area contributed by atoms with Gasteiger partial charge in [0.1, 0.15) is 30.5 Å². The summed E-state index contributed by atoms with van der Waals surface area (Å²) in [5.74, 6) is -0.610. The number of hydrogen-bond acceptors (Lipinski definition) is 9. The predicted molar refractivity (Wildman–Crippen MR) is 283 cm³/mol. The summed E-state index contributed by atoms with van der Waals surface area (Å²) in [5, 5.41) is 65.0. The van der Waals surface area contributed by atoms with Crippen molar-refractivity contribution in [3.8, 4) is 0 Å².